The summed E-state index contributed by atoms with van der Waals surface area (Å²) in [6.45, 7) is -1.87. The molecule has 0 aromatic rings. The summed E-state index contributed by atoms with van der Waals surface area (Å²) in [5.74, 6) is -4.25. The lowest BCUT2D eigenvalue weighted by Crippen LogP contribution is -2.66. The van der Waals surface area contributed by atoms with Crippen LogP contribution in [0.2, 0.25) is 0 Å². The fraction of sp³-hybridized carbons (Fsp3) is 0.875. The fourth-order valence-corrected chi connectivity index (χ4v) is 1.40. The predicted octanol–water partition coefficient (Wildman–Crippen LogP) is -4.36. The Balaban J connectivity index is 2.86. The van der Waals surface area contributed by atoms with Crippen LogP contribution in [0.4, 0.5) is 0 Å². The van der Waals surface area contributed by atoms with Crippen LogP contribution in [0.1, 0.15) is 0 Å². The maximum atomic E-state index is 10.8. The van der Waals surface area contributed by atoms with E-state index in [-0.39, 0.29) is 0 Å². The van der Waals surface area contributed by atoms with Crippen molar-refractivity contribution in [1.29, 1.82) is 0 Å². The maximum Gasteiger partial charge on any atom is 0.357 e. The van der Waals surface area contributed by atoms with Gasteiger partial charge in [0.15, 0.2) is 6.10 Å². The summed E-state index contributed by atoms with van der Waals surface area (Å²) in [6.07, 6.45) is -7.15. The number of hydrogen-bond donors (Lipinski definition) is 6. The Morgan fingerprint density at radius 2 is 1.82 bits per heavy atom. The van der Waals surface area contributed by atoms with Crippen molar-refractivity contribution in [3.05, 3.63) is 0 Å². The van der Waals surface area contributed by atoms with Gasteiger partial charge in [-0.25, -0.2) is 4.79 Å². The monoisotopic (exact) mass is 254 g/mol. The summed E-state index contributed by atoms with van der Waals surface area (Å²) < 4.78 is 8.79. The normalized spacial score (nSPS) is 42.2. The van der Waals surface area contributed by atoms with Crippen LogP contribution in [-0.4, -0.2) is 80.2 Å². The summed E-state index contributed by atoms with van der Waals surface area (Å²) in [5.41, 5.74) is 0. The van der Waals surface area contributed by atoms with E-state index in [4.69, 9.17) is 10.2 Å². The Hall–Kier alpha value is -0.810. The Morgan fingerprint density at radius 1 is 1.24 bits per heavy atom. The number of carbonyl (C=O) groups is 1. The first-order valence-corrected chi connectivity index (χ1v) is 4.73. The van der Waals surface area contributed by atoms with Gasteiger partial charge in [-0.15, -0.1) is 0 Å². The average molecular weight is 254 g/mol. The van der Waals surface area contributed by atoms with Crippen LogP contribution < -0.4 is 0 Å². The minimum absolute atomic E-state index is 0.788. The van der Waals surface area contributed by atoms with E-state index in [0.717, 1.165) is 0 Å². The highest BCUT2D eigenvalue weighted by Crippen LogP contribution is 2.29. The third-order valence-electron chi connectivity index (χ3n) is 2.32. The van der Waals surface area contributed by atoms with Gasteiger partial charge in [0.2, 0.25) is 0 Å². The highest BCUT2D eigenvalue weighted by molar-refractivity contribution is 5.70. The zero-order chi connectivity index (χ0) is 13.2. The molecular formula is C8H14O9. The molecule has 1 fully saturated rings. The van der Waals surface area contributed by atoms with Gasteiger partial charge in [0.05, 0.1) is 6.61 Å². The van der Waals surface area contributed by atoms with Crippen LogP contribution in [0.15, 0.2) is 0 Å². The van der Waals surface area contributed by atoms with Gasteiger partial charge in [0, 0.05) is 0 Å². The molecule has 0 aliphatic carbocycles. The number of rotatable bonds is 3. The molecule has 1 aliphatic rings. The van der Waals surface area contributed by atoms with E-state index in [1.807, 2.05) is 0 Å². The summed E-state index contributed by atoms with van der Waals surface area (Å²) >= 11 is 0. The molecule has 0 saturated carbocycles. The third-order valence-corrected chi connectivity index (χ3v) is 2.32. The number of esters is 1. The summed E-state index contributed by atoms with van der Waals surface area (Å²) in [7, 11) is 0. The quantitative estimate of drug-likeness (QED) is 0.216. The van der Waals surface area contributed by atoms with Gasteiger partial charge in [-0.1, -0.05) is 0 Å². The first kappa shape index (κ1) is 14.3. The molecule has 9 nitrogen and oxygen atoms in total. The van der Waals surface area contributed by atoms with E-state index in [1.54, 1.807) is 0 Å². The number of aliphatic hydroxyl groups excluding tert-OH is 5. The van der Waals surface area contributed by atoms with Gasteiger partial charge < -0.3 is 40.1 Å². The summed E-state index contributed by atoms with van der Waals surface area (Å²) in [5, 5.41) is 55.0. The lowest BCUT2D eigenvalue weighted by atomic mass is 9.98. The van der Waals surface area contributed by atoms with Crippen molar-refractivity contribution in [3.8, 4) is 0 Å². The van der Waals surface area contributed by atoms with E-state index >= 15 is 0 Å². The molecule has 0 spiro atoms. The second-order valence-electron chi connectivity index (χ2n) is 3.53. The molecule has 0 radical (unpaired) electrons. The van der Waals surface area contributed by atoms with Crippen LogP contribution in [0.25, 0.3) is 0 Å². The number of hydrogen-bond acceptors (Lipinski definition) is 9. The Morgan fingerprint density at radius 3 is 2.29 bits per heavy atom. The van der Waals surface area contributed by atoms with Crippen LogP contribution in [0, 0.1) is 0 Å². The van der Waals surface area contributed by atoms with Crippen LogP contribution in [0.3, 0.4) is 0 Å². The van der Waals surface area contributed by atoms with E-state index in [0.29, 0.717) is 0 Å². The second-order valence-corrected chi connectivity index (χ2v) is 3.53. The largest absolute Gasteiger partial charge is 0.404 e. The smallest absolute Gasteiger partial charge is 0.357 e. The Kier molecular flexibility index (Phi) is 4.38. The minimum atomic E-state index is -2.94. The molecule has 17 heavy (non-hydrogen) atoms. The van der Waals surface area contributed by atoms with Gasteiger partial charge in [-0.3, -0.25) is 0 Å². The van der Waals surface area contributed by atoms with Crippen molar-refractivity contribution in [2.24, 2.45) is 0 Å². The summed E-state index contributed by atoms with van der Waals surface area (Å²) in [4.78, 5) is 10.8. The first-order chi connectivity index (χ1) is 7.85. The number of aliphatic hydroxyl groups is 6. The highest BCUT2D eigenvalue weighted by atomic mass is 16.8. The maximum absolute atomic E-state index is 10.8. The molecule has 0 aromatic carbocycles. The lowest BCUT2D eigenvalue weighted by Gasteiger charge is -2.43. The van der Waals surface area contributed by atoms with Crippen molar-refractivity contribution < 1.29 is 44.9 Å². The molecule has 0 bridgehead atoms. The van der Waals surface area contributed by atoms with Gasteiger partial charge in [0.1, 0.15) is 24.9 Å². The van der Waals surface area contributed by atoms with E-state index in [9.17, 15) is 25.2 Å². The van der Waals surface area contributed by atoms with E-state index < -0.39 is 49.6 Å². The lowest BCUT2D eigenvalue weighted by molar-refractivity contribution is -0.434. The topological polar surface area (TPSA) is 157 Å². The Labute approximate surface area is 95.4 Å². The van der Waals surface area contributed by atoms with Gasteiger partial charge >= 0.3 is 11.9 Å². The molecule has 100 valence electrons. The fourth-order valence-electron chi connectivity index (χ4n) is 1.40. The van der Waals surface area contributed by atoms with Gasteiger partial charge in [-0.2, -0.15) is 0 Å². The molecule has 1 heterocycles. The van der Waals surface area contributed by atoms with Crippen molar-refractivity contribution in [2.75, 3.05) is 13.2 Å². The Bertz CT molecular complexity index is 280. The molecule has 0 amide bonds. The van der Waals surface area contributed by atoms with Crippen molar-refractivity contribution >= 4 is 5.97 Å². The zero-order valence-corrected chi connectivity index (χ0v) is 8.63. The average Bonchev–Trinajstić information content (AvgIpc) is 2.31. The van der Waals surface area contributed by atoms with Crippen molar-refractivity contribution in [1.82, 2.24) is 0 Å². The van der Waals surface area contributed by atoms with Crippen LogP contribution in [0.5, 0.6) is 0 Å². The molecule has 1 saturated heterocycles. The van der Waals surface area contributed by atoms with Gasteiger partial charge in [-0.05, 0) is 0 Å². The van der Waals surface area contributed by atoms with E-state index in [1.165, 1.54) is 0 Å². The van der Waals surface area contributed by atoms with Crippen molar-refractivity contribution in [3.63, 3.8) is 0 Å². The zero-order valence-electron chi connectivity index (χ0n) is 8.63. The van der Waals surface area contributed by atoms with Gasteiger partial charge in [0.25, 0.3) is 0 Å². The van der Waals surface area contributed by atoms with E-state index in [2.05, 4.69) is 9.47 Å². The SMILES string of the molecule is O=C(CO)OC1(O)O[C@H](CO)[C@@H](O)[C@H](O)[C@H]1O. The third kappa shape index (κ3) is 2.72. The highest BCUT2D eigenvalue weighted by Gasteiger charge is 2.55. The molecule has 5 atom stereocenters. The molecule has 6 N–H and O–H groups in total. The molecule has 1 rings (SSSR count). The minimum Gasteiger partial charge on any atom is -0.404 e. The predicted molar refractivity (Wildman–Crippen MR) is 48.1 cm³/mol. The van der Waals surface area contributed by atoms with Crippen LogP contribution in [-0.2, 0) is 14.3 Å². The molecular weight excluding hydrogens is 240 g/mol. The second kappa shape index (κ2) is 5.23. The molecule has 0 aromatic heterocycles. The number of ether oxygens (including phenoxy) is 2. The standard InChI is InChI=1S/C8H14O9/c9-1-3-5(12)6(13)7(14)8(15,16-3)17-4(11)2-10/h3,5-7,9-10,12-15H,1-2H2/t3-,5-,6+,7-,8?/m1/s1. The molecule has 1 aliphatic heterocycles. The molecule has 1 unspecified atom stereocenters. The number of carbonyl (C=O) groups excluding carboxylic acids is 1. The van der Waals surface area contributed by atoms with Crippen molar-refractivity contribution in [2.45, 2.75) is 30.4 Å². The van der Waals surface area contributed by atoms with Crippen LogP contribution >= 0.6 is 0 Å². The molecule has 9 heteroatoms. The first-order valence-electron chi connectivity index (χ1n) is 4.73. The summed E-state index contributed by atoms with van der Waals surface area (Å²) in [6, 6.07) is 0.